The lowest BCUT2D eigenvalue weighted by Crippen LogP contribution is -2.27. The Labute approximate surface area is 169 Å². The van der Waals surface area contributed by atoms with Crippen LogP contribution in [0.15, 0.2) is 53.7 Å². The van der Waals surface area contributed by atoms with Gasteiger partial charge in [0.05, 0.1) is 24.0 Å². The third-order valence-electron chi connectivity index (χ3n) is 4.51. The molecule has 0 unspecified atom stereocenters. The lowest BCUT2D eigenvalue weighted by molar-refractivity contribution is 0.212. The molecule has 1 aliphatic heterocycles. The standard InChI is InChI=1S/C21H25NO3S2/c1-23-18-9-5-16(6-10-18)20(22-25-3)15-21(26-13-4-14-27-21)17-7-11-19(24-2)12-8-17/h5-12H,4,13-15H2,1-3H3/b22-20+. The number of nitrogens with zero attached hydrogens (tertiary/aromatic N) is 1. The van der Waals surface area contributed by atoms with Crippen LogP contribution in [0.3, 0.4) is 0 Å². The van der Waals surface area contributed by atoms with Crippen LogP contribution in [0, 0.1) is 0 Å². The molecule has 1 heterocycles. The van der Waals surface area contributed by atoms with Gasteiger partial charge in [-0.15, -0.1) is 23.5 Å². The normalized spacial score (nSPS) is 16.6. The maximum Gasteiger partial charge on any atom is 0.118 e. The monoisotopic (exact) mass is 403 g/mol. The zero-order valence-corrected chi connectivity index (χ0v) is 17.6. The zero-order valence-electron chi connectivity index (χ0n) is 15.9. The van der Waals surface area contributed by atoms with Gasteiger partial charge in [-0.1, -0.05) is 17.3 Å². The van der Waals surface area contributed by atoms with Gasteiger partial charge in [-0.2, -0.15) is 0 Å². The molecule has 0 spiro atoms. The first kappa shape index (κ1) is 20.0. The summed E-state index contributed by atoms with van der Waals surface area (Å²) < 4.78 is 10.5. The molecule has 1 saturated heterocycles. The number of ether oxygens (including phenoxy) is 2. The summed E-state index contributed by atoms with van der Waals surface area (Å²) in [6.45, 7) is 0. The molecule has 1 aliphatic rings. The molecule has 0 saturated carbocycles. The second-order valence-corrected chi connectivity index (χ2v) is 9.20. The van der Waals surface area contributed by atoms with E-state index in [1.165, 1.54) is 12.0 Å². The molecule has 0 radical (unpaired) electrons. The van der Waals surface area contributed by atoms with Crippen molar-refractivity contribution in [3.05, 3.63) is 59.7 Å². The number of hydrogen-bond acceptors (Lipinski definition) is 6. The van der Waals surface area contributed by atoms with Crippen LogP contribution in [0.2, 0.25) is 0 Å². The van der Waals surface area contributed by atoms with Crippen LogP contribution >= 0.6 is 23.5 Å². The first-order valence-electron chi connectivity index (χ1n) is 8.87. The van der Waals surface area contributed by atoms with E-state index in [0.29, 0.717) is 0 Å². The van der Waals surface area contributed by atoms with Gasteiger partial charge in [0, 0.05) is 6.42 Å². The first-order valence-corrected chi connectivity index (χ1v) is 10.8. The van der Waals surface area contributed by atoms with Crippen LogP contribution in [0.1, 0.15) is 24.0 Å². The van der Waals surface area contributed by atoms with Crippen LogP contribution in [0.4, 0.5) is 0 Å². The highest BCUT2D eigenvalue weighted by atomic mass is 32.2. The van der Waals surface area contributed by atoms with Gasteiger partial charge in [0.15, 0.2) is 0 Å². The Bertz CT molecular complexity index is 754. The van der Waals surface area contributed by atoms with Crippen molar-refractivity contribution in [1.82, 2.24) is 0 Å². The molecule has 0 aromatic heterocycles. The number of hydrogen-bond donors (Lipinski definition) is 0. The van der Waals surface area contributed by atoms with E-state index < -0.39 is 0 Å². The fourth-order valence-electron chi connectivity index (χ4n) is 3.09. The van der Waals surface area contributed by atoms with Crippen molar-refractivity contribution in [3.8, 4) is 11.5 Å². The summed E-state index contributed by atoms with van der Waals surface area (Å²) in [5.74, 6) is 3.99. The van der Waals surface area contributed by atoms with E-state index in [-0.39, 0.29) is 4.08 Å². The molecular weight excluding hydrogens is 378 g/mol. The summed E-state index contributed by atoms with van der Waals surface area (Å²) in [4.78, 5) is 5.19. The number of oxime groups is 1. The molecule has 0 bridgehead atoms. The molecule has 144 valence electrons. The molecule has 0 atom stereocenters. The molecule has 3 rings (SSSR count). The van der Waals surface area contributed by atoms with Gasteiger partial charge in [-0.3, -0.25) is 0 Å². The minimum atomic E-state index is -0.0815. The topological polar surface area (TPSA) is 40.0 Å². The third kappa shape index (κ3) is 4.74. The highest BCUT2D eigenvalue weighted by Crippen LogP contribution is 2.53. The maximum atomic E-state index is 5.33. The van der Waals surface area contributed by atoms with E-state index in [9.17, 15) is 0 Å². The van der Waals surface area contributed by atoms with Gasteiger partial charge in [-0.25, -0.2) is 0 Å². The number of benzene rings is 2. The lowest BCUT2D eigenvalue weighted by Gasteiger charge is -2.37. The van der Waals surface area contributed by atoms with E-state index in [2.05, 4.69) is 17.3 Å². The summed E-state index contributed by atoms with van der Waals surface area (Å²) in [5.41, 5.74) is 3.28. The highest BCUT2D eigenvalue weighted by molar-refractivity contribution is 8.18. The van der Waals surface area contributed by atoms with Crippen LogP contribution in [-0.2, 0) is 8.92 Å². The van der Waals surface area contributed by atoms with E-state index in [4.69, 9.17) is 14.3 Å². The molecular formula is C21H25NO3S2. The summed E-state index contributed by atoms with van der Waals surface area (Å²) in [6.07, 6.45) is 2.02. The average molecular weight is 404 g/mol. The highest BCUT2D eigenvalue weighted by Gasteiger charge is 2.37. The largest absolute Gasteiger partial charge is 0.497 e. The van der Waals surface area contributed by atoms with Gasteiger partial charge in [0.25, 0.3) is 0 Å². The Hall–Kier alpha value is -1.79. The van der Waals surface area contributed by atoms with Crippen molar-refractivity contribution in [2.45, 2.75) is 16.9 Å². The van der Waals surface area contributed by atoms with Gasteiger partial charge >= 0.3 is 0 Å². The molecule has 0 aliphatic carbocycles. The minimum Gasteiger partial charge on any atom is -0.497 e. The number of methoxy groups -OCH3 is 2. The summed E-state index contributed by atoms with van der Waals surface area (Å²) in [7, 11) is 4.97. The summed E-state index contributed by atoms with van der Waals surface area (Å²) in [6, 6.07) is 16.4. The van der Waals surface area contributed by atoms with Crippen molar-refractivity contribution in [2.75, 3.05) is 32.8 Å². The van der Waals surface area contributed by atoms with Crippen molar-refractivity contribution < 1.29 is 14.3 Å². The smallest absolute Gasteiger partial charge is 0.118 e. The van der Waals surface area contributed by atoms with Gasteiger partial charge in [0.1, 0.15) is 18.6 Å². The Morgan fingerprint density at radius 3 is 1.96 bits per heavy atom. The maximum absolute atomic E-state index is 5.33. The van der Waals surface area contributed by atoms with Crippen LogP contribution < -0.4 is 9.47 Å². The Balaban J connectivity index is 1.94. The molecule has 0 N–H and O–H groups in total. The third-order valence-corrected chi connectivity index (χ3v) is 7.90. The summed E-state index contributed by atoms with van der Waals surface area (Å²) in [5, 5.41) is 4.37. The van der Waals surface area contributed by atoms with Crippen LogP contribution in [-0.4, -0.2) is 38.5 Å². The van der Waals surface area contributed by atoms with E-state index >= 15 is 0 Å². The molecule has 2 aromatic rings. The van der Waals surface area contributed by atoms with E-state index in [1.807, 2.05) is 59.9 Å². The number of rotatable bonds is 7. The Morgan fingerprint density at radius 1 is 0.889 bits per heavy atom. The predicted octanol–water partition coefficient (Wildman–Crippen LogP) is 5.17. The fraction of sp³-hybridized carbons (Fsp3) is 0.381. The second kappa shape index (κ2) is 9.42. The minimum absolute atomic E-state index is 0.0815. The van der Waals surface area contributed by atoms with Gasteiger partial charge < -0.3 is 14.3 Å². The zero-order chi connectivity index (χ0) is 19.1. The van der Waals surface area contributed by atoms with Crippen LogP contribution in [0.5, 0.6) is 11.5 Å². The first-order chi connectivity index (χ1) is 13.2. The quantitative estimate of drug-likeness (QED) is 0.471. The van der Waals surface area contributed by atoms with Gasteiger partial charge in [-0.05, 0) is 65.5 Å². The van der Waals surface area contributed by atoms with Crippen molar-refractivity contribution >= 4 is 29.2 Å². The van der Waals surface area contributed by atoms with E-state index in [0.717, 1.165) is 40.7 Å². The predicted molar refractivity (Wildman–Crippen MR) is 115 cm³/mol. The summed E-state index contributed by atoms with van der Waals surface area (Å²) >= 11 is 3.99. The van der Waals surface area contributed by atoms with Crippen molar-refractivity contribution in [2.24, 2.45) is 5.16 Å². The van der Waals surface area contributed by atoms with Crippen molar-refractivity contribution in [3.63, 3.8) is 0 Å². The average Bonchev–Trinajstić information content (AvgIpc) is 2.74. The lowest BCUT2D eigenvalue weighted by atomic mass is 10.0. The fourth-order valence-corrected chi connectivity index (χ4v) is 6.43. The Morgan fingerprint density at radius 2 is 1.44 bits per heavy atom. The molecule has 1 fully saturated rings. The molecule has 2 aromatic carbocycles. The Kier molecular flexibility index (Phi) is 6.96. The second-order valence-electron chi connectivity index (χ2n) is 6.16. The van der Waals surface area contributed by atoms with Crippen LogP contribution in [0.25, 0.3) is 0 Å². The number of thioether (sulfide) groups is 2. The molecule has 4 nitrogen and oxygen atoms in total. The molecule has 0 amide bonds. The molecule has 6 heteroatoms. The van der Waals surface area contributed by atoms with Crippen molar-refractivity contribution in [1.29, 1.82) is 0 Å². The van der Waals surface area contributed by atoms with Gasteiger partial charge in [0.2, 0.25) is 0 Å². The van der Waals surface area contributed by atoms with E-state index in [1.54, 1.807) is 21.3 Å². The molecule has 27 heavy (non-hydrogen) atoms. The SMILES string of the molecule is CO/N=C(\CC1(c2ccc(OC)cc2)SCCCS1)c1ccc(OC)cc1.